The number of ether oxygens (including phenoxy) is 1. The minimum absolute atomic E-state index is 0.0520. The maximum Gasteiger partial charge on any atom is 0.249 e. The average Bonchev–Trinajstić information content (AvgIpc) is 3.31. The van der Waals surface area contributed by atoms with Crippen molar-refractivity contribution in [3.63, 3.8) is 0 Å². The Kier molecular flexibility index (Phi) is 5.12. The Hall–Kier alpha value is -1.73. The van der Waals surface area contributed by atoms with Gasteiger partial charge in [-0.2, -0.15) is 0 Å². The van der Waals surface area contributed by atoms with Crippen LogP contribution >= 0.6 is 0 Å². The van der Waals surface area contributed by atoms with Gasteiger partial charge in [-0.3, -0.25) is 4.79 Å². The van der Waals surface area contributed by atoms with E-state index in [9.17, 15) is 4.79 Å². The highest BCUT2D eigenvalue weighted by Crippen LogP contribution is 2.34. The summed E-state index contributed by atoms with van der Waals surface area (Å²) in [6.07, 6.45) is 7.76. The van der Waals surface area contributed by atoms with Crippen LogP contribution in [-0.2, 0) is 9.53 Å². The summed E-state index contributed by atoms with van der Waals surface area (Å²) in [5.41, 5.74) is 0. The van der Waals surface area contributed by atoms with Gasteiger partial charge in [0.25, 0.3) is 0 Å². The molecule has 0 spiro atoms. The van der Waals surface area contributed by atoms with E-state index in [4.69, 9.17) is 4.74 Å². The van der Waals surface area contributed by atoms with Gasteiger partial charge >= 0.3 is 0 Å². The summed E-state index contributed by atoms with van der Waals surface area (Å²) < 4.78 is 6.08. The molecule has 3 aliphatic rings. The van der Waals surface area contributed by atoms with E-state index in [1.54, 1.807) is 12.4 Å². The number of carbonyl (C=O) groups is 1. The van der Waals surface area contributed by atoms with Crippen LogP contribution in [0.5, 0.6) is 0 Å². The molecule has 1 aromatic rings. The minimum atomic E-state index is -0.301. The second kappa shape index (κ2) is 7.66. The van der Waals surface area contributed by atoms with Crippen LogP contribution in [0.25, 0.3) is 0 Å². The summed E-state index contributed by atoms with van der Waals surface area (Å²) >= 11 is 0. The zero-order chi connectivity index (χ0) is 17.1. The van der Waals surface area contributed by atoms with E-state index in [2.05, 4.69) is 25.1 Å². The van der Waals surface area contributed by atoms with E-state index in [1.165, 1.54) is 12.8 Å². The van der Waals surface area contributed by atoms with Gasteiger partial charge in [-0.15, -0.1) is 0 Å². The molecule has 1 amide bonds. The van der Waals surface area contributed by atoms with Crippen molar-refractivity contribution in [3.8, 4) is 0 Å². The van der Waals surface area contributed by atoms with Crippen molar-refractivity contribution >= 4 is 11.9 Å². The zero-order valence-electron chi connectivity index (χ0n) is 14.6. The number of carbonyl (C=O) groups excluding carboxylic acids is 1. The number of fused-ring (bicyclic) bond motifs is 1. The van der Waals surface area contributed by atoms with Crippen LogP contribution < -0.4 is 10.2 Å². The Morgan fingerprint density at radius 1 is 1.24 bits per heavy atom. The third-order valence-electron chi connectivity index (χ3n) is 5.61. The number of rotatable bonds is 5. The van der Waals surface area contributed by atoms with Gasteiger partial charge in [0.1, 0.15) is 6.10 Å². The number of nitrogens with one attached hydrogen (secondary N) is 1. The maximum atomic E-state index is 12.4. The van der Waals surface area contributed by atoms with Gasteiger partial charge in [0, 0.05) is 38.6 Å². The second-order valence-corrected chi connectivity index (χ2v) is 7.28. The van der Waals surface area contributed by atoms with E-state index in [-0.39, 0.29) is 18.1 Å². The van der Waals surface area contributed by atoms with Crippen LogP contribution in [-0.4, -0.2) is 72.3 Å². The van der Waals surface area contributed by atoms with Crippen LogP contribution in [0.15, 0.2) is 18.5 Å². The first-order valence-corrected chi connectivity index (χ1v) is 9.47. The van der Waals surface area contributed by atoms with Gasteiger partial charge in [-0.25, -0.2) is 9.97 Å². The molecule has 0 aromatic carbocycles. The molecule has 7 heteroatoms. The van der Waals surface area contributed by atoms with Crippen molar-refractivity contribution in [3.05, 3.63) is 18.5 Å². The van der Waals surface area contributed by atoms with Gasteiger partial charge in [0.15, 0.2) is 0 Å². The molecule has 1 N–H and O–H groups in total. The number of anilines is 1. The average molecular weight is 345 g/mol. The maximum absolute atomic E-state index is 12.4. The van der Waals surface area contributed by atoms with Gasteiger partial charge < -0.3 is 19.9 Å². The lowest BCUT2D eigenvalue weighted by molar-refractivity contribution is -0.132. The molecule has 0 saturated carbocycles. The number of hydrogen-bond acceptors (Lipinski definition) is 6. The minimum Gasteiger partial charge on any atom is -0.363 e. The fourth-order valence-electron chi connectivity index (χ4n) is 4.19. The summed E-state index contributed by atoms with van der Waals surface area (Å²) in [5, 5.41) is 3.06. The molecule has 136 valence electrons. The fourth-order valence-corrected chi connectivity index (χ4v) is 4.19. The lowest BCUT2D eigenvalue weighted by Gasteiger charge is -2.33. The predicted octanol–water partition coefficient (Wildman–Crippen LogP) is 0.672. The number of piperidine rings is 1. The number of nitrogens with zero attached hydrogens (tertiary/aromatic N) is 4. The summed E-state index contributed by atoms with van der Waals surface area (Å²) in [6, 6.07) is 1.82. The number of likely N-dealkylation sites (tertiary alicyclic amines) is 1. The smallest absolute Gasteiger partial charge is 0.249 e. The van der Waals surface area contributed by atoms with Crippen LogP contribution in [0.3, 0.4) is 0 Å². The van der Waals surface area contributed by atoms with Crippen molar-refractivity contribution in [2.45, 2.75) is 37.9 Å². The standard InChI is InChI=1S/C18H27N5O2/c24-17(19-7-11-22-8-1-2-9-22)15-12-14-4-10-23(13-16(14)25-15)18-20-5-3-6-21-18/h3,5-6,14-16H,1-2,4,7-13H2,(H,19,24)/t14-,15+,16-/m1/s1. The van der Waals surface area contributed by atoms with E-state index < -0.39 is 0 Å². The summed E-state index contributed by atoms with van der Waals surface area (Å²) in [4.78, 5) is 25.6. The van der Waals surface area contributed by atoms with E-state index >= 15 is 0 Å². The molecule has 0 aliphatic carbocycles. The molecule has 4 rings (SSSR count). The first-order valence-electron chi connectivity index (χ1n) is 9.47. The quantitative estimate of drug-likeness (QED) is 0.846. The van der Waals surface area contributed by atoms with Crippen LogP contribution in [0.4, 0.5) is 5.95 Å². The first kappa shape index (κ1) is 16.7. The molecule has 3 atom stereocenters. The van der Waals surface area contributed by atoms with Gasteiger partial charge in [0.05, 0.1) is 6.10 Å². The molecule has 3 saturated heterocycles. The third-order valence-corrected chi connectivity index (χ3v) is 5.61. The predicted molar refractivity (Wildman–Crippen MR) is 94.3 cm³/mol. The van der Waals surface area contributed by atoms with Gasteiger partial charge in [-0.1, -0.05) is 0 Å². The molecule has 3 aliphatic heterocycles. The molecular weight excluding hydrogens is 318 g/mol. The SMILES string of the molecule is O=C(NCCN1CCCC1)[C@@H]1C[C@H]2CCN(c3ncccn3)C[C@H]2O1. The Labute approximate surface area is 148 Å². The van der Waals surface area contributed by atoms with Crippen molar-refractivity contribution in [1.82, 2.24) is 20.2 Å². The van der Waals surface area contributed by atoms with Gasteiger partial charge in [-0.05, 0) is 50.8 Å². The number of aromatic nitrogens is 2. The van der Waals surface area contributed by atoms with Crippen molar-refractivity contribution < 1.29 is 9.53 Å². The molecule has 0 radical (unpaired) electrons. The Bertz CT molecular complexity index is 578. The monoisotopic (exact) mass is 345 g/mol. The number of amides is 1. The molecule has 1 aromatic heterocycles. The number of hydrogen-bond donors (Lipinski definition) is 1. The fraction of sp³-hybridized carbons (Fsp3) is 0.722. The van der Waals surface area contributed by atoms with Crippen molar-refractivity contribution in [2.24, 2.45) is 5.92 Å². The van der Waals surface area contributed by atoms with Gasteiger partial charge in [0.2, 0.25) is 11.9 Å². The Balaban J connectivity index is 1.25. The van der Waals surface area contributed by atoms with Crippen LogP contribution in [0, 0.1) is 5.92 Å². The zero-order valence-corrected chi connectivity index (χ0v) is 14.6. The largest absolute Gasteiger partial charge is 0.363 e. The normalized spacial score (nSPS) is 29.6. The topological polar surface area (TPSA) is 70.6 Å². The molecule has 0 bridgehead atoms. The highest BCUT2D eigenvalue weighted by atomic mass is 16.5. The molecule has 4 heterocycles. The third kappa shape index (κ3) is 3.93. The summed E-state index contributed by atoms with van der Waals surface area (Å²) in [7, 11) is 0. The molecular formula is C18H27N5O2. The van der Waals surface area contributed by atoms with Crippen molar-refractivity contribution in [2.75, 3.05) is 44.2 Å². The van der Waals surface area contributed by atoms with E-state index in [1.807, 2.05) is 6.07 Å². The van der Waals surface area contributed by atoms with E-state index in [0.29, 0.717) is 5.92 Å². The van der Waals surface area contributed by atoms with Crippen molar-refractivity contribution in [1.29, 1.82) is 0 Å². The molecule has 0 unspecified atom stereocenters. The highest BCUT2D eigenvalue weighted by Gasteiger charge is 2.42. The Morgan fingerprint density at radius 3 is 2.84 bits per heavy atom. The Morgan fingerprint density at radius 2 is 2.04 bits per heavy atom. The lowest BCUT2D eigenvalue weighted by atomic mass is 9.92. The first-order chi connectivity index (χ1) is 12.3. The summed E-state index contributed by atoms with van der Waals surface area (Å²) in [5.74, 6) is 1.27. The van der Waals surface area contributed by atoms with E-state index in [0.717, 1.165) is 58.1 Å². The molecule has 7 nitrogen and oxygen atoms in total. The lowest BCUT2D eigenvalue weighted by Crippen LogP contribution is -2.43. The van der Waals surface area contributed by atoms with Crippen LogP contribution in [0.1, 0.15) is 25.7 Å². The molecule has 3 fully saturated rings. The summed E-state index contributed by atoms with van der Waals surface area (Å²) in [6.45, 7) is 5.70. The highest BCUT2D eigenvalue weighted by molar-refractivity contribution is 5.81. The second-order valence-electron chi connectivity index (χ2n) is 7.28. The van der Waals surface area contributed by atoms with Crippen LogP contribution in [0.2, 0.25) is 0 Å². The molecule has 25 heavy (non-hydrogen) atoms.